The number of hydrogen-bond acceptors (Lipinski definition) is 1. The average molecular weight is 240 g/mol. The summed E-state index contributed by atoms with van der Waals surface area (Å²) in [4.78, 5) is 11.2. The molecule has 0 bridgehead atoms. The third-order valence-electron chi connectivity index (χ3n) is 3.47. The highest BCUT2D eigenvalue weighted by Gasteiger charge is 2.03. The second kappa shape index (κ2) is 5.81. The van der Waals surface area contributed by atoms with Gasteiger partial charge in [0.1, 0.15) is 0 Å². The molecular formula is C17H20O. The van der Waals surface area contributed by atoms with Crippen LogP contribution in [0.2, 0.25) is 0 Å². The third-order valence-corrected chi connectivity index (χ3v) is 3.47. The van der Waals surface area contributed by atoms with E-state index in [1.165, 1.54) is 42.4 Å². The summed E-state index contributed by atoms with van der Waals surface area (Å²) < 4.78 is 0. The summed E-state index contributed by atoms with van der Waals surface area (Å²) in [5, 5.41) is 0. The summed E-state index contributed by atoms with van der Waals surface area (Å²) in [6, 6.07) is 7.88. The minimum absolute atomic E-state index is 0.123. The fourth-order valence-corrected chi connectivity index (χ4v) is 2.32. The van der Waals surface area contributed by atoms with Gasteiger partial charge in [0.25, 0.3) is 0 Å². The lowest BCUT2D eigenvalue weighted by Gasteiger charge is -2.10. The van der Waals surface area contributed by atoms with Crippen molar-refractivity contribution in [2.75, 3.05) is 0 Å². The quantitative estimate of drug-likeness (QED) is 0.694. The Hall–Kier alpha value is -1.63. The molecule has 1 heteroatoms. The number of ketones is 1. The zero-order chi connectivity index (χ0) is 13.0. The van der Waals surface area contributed by atoms with Gasteiger partial charge < -0.3 is 0 Å². The molecule has 0 N–H and O–H groups in total. The van der Waals surface area contributed by atoms with Crippen molar-refractivity contribution in [2.24, 2.45) is 0 Å². The van der Waals surface area contributed by atoms with Gasteiger partial charge in [-0.2, -0.15) is 0 Å². The highest BCUT2D eigenvalue weighted by Crippen LogP contribution is 2.23. The zero-order valence-corrected chi connectivity index (χ0v) is 11.2. The van der Waals surface area contributed by atoms with Crippen LogP contribution in [0.4, 0.5) is 0 Å². The molecule has 0 fully saturated rings. The van der Waals surface area contributed by atoms with E-state index in [1.54, 1.807) is 6.92 Å². The Morgan fingerprint density at radius 1 is 1.06 bits per heavy atom. The van der Waals surface area contributed by atoms with Crippen molar-refractivity contribution in [2.45, 2.75) is 39.5 Å². The zero-order valence-electron chi connectivity index (χ0n) is 11.2. The number of rotatable bonds is 3. The third kappa shape index (κ3) is 3.19. The Labute approximate surface area is 109 Å². The van der Waals surface area contributed by atoms with E-state index in [4.69, 9.17) is 0 Å². The molecule has 1 nitrogen and oxygen atoms in total. The second-order valence-electron chi connectivity index (χ2n) is 4.99. The van der Waals surface area contributed by atoms with Crippen molar-refractivity contribution in [3.05, 3.63) is 53.1 Å². The molecule has 0 radical (unpaired) electrons. The average Bonchev–Trinajstić information content (AvgIpc) is 2.40. The number of benzene rings is 1. The van der Waals surface area contributed by atoms with Crippen LogP contribution in [0.5, 0.6) is 0 Å². The van der Waals surface area contributed by atoms with Crippen LogP contribution in [0.15, 0.2) is 42.0 Å². The van der Waals surface area contributed by atoms with Crippen molar-refractivity contribution in [3.63, 3.8) is 0 Å². The monoisotopic (exact) mass is 240 g/mol. The van der Waals surface area contributed by atoms with Gasteiger partial charge in [0.2, 0.25) is 0 Å². The van der Waals surface area contributed by atoms with Crippen LogP contribution >= 0.6 is 0 Å². The molecule has 0 saturated carbocycles. The molecule has 94 valence electrons. The van der Waals surface area contributed by atoms with Crippen LogP contribution in [0.1, 0.15) is 55.5 Å². The number of allylic oxidation sites excluding steroid dienone is 4. The number of hydrogen-bond donors (Lipinski definition) is 0. The molecule has 0 spiro atoms. The molecule has 1 aromatic carbocycles. The molecule has 2 rings (SSSR count). The van der Waals surface area contributed by atoms with Gasteiger partial charge in [0.15, 0.2) is 5.78 Å². The summed E-state index contributed by atoms with van der Waals surface area (Å²) in [6.45, 7) is 3.74. The maximum absolute atomic E-state index is 11.2. The van der Waals surface area contributed by atoms with Gasteiger partial charge in [-0.25, -0.2) is 0 Å². The lowest BCUT2D eigenvalue weighted by Crippen LogP contribution is -1.92. The van der Waals surface area contributed by atoms with Crippen molar-refractivity contribution in [1.29, 1.82) is 0 Å². The molecule has 0 unspecified atom stereocenters. The van der Waals surface area contributed by atoms with E-state index in [2.05, 4.69) is 19.1 Å². The van der Waals surface area contributed by atoms with E-state index in [-0.39, 0.29) is 5.78 Å². The van der Waals surface area contributed by atoms with E-state index < -0.39 is 0 Å². The highest BCUT2D eigenvalue weighted by molar-refractivity contribution is 5.94. The first kappa shape index (κ1) is 12.8. The van der Waals surface area contributed by atoms with Gasteiger partial charge in [-0.05, 0) is 50.7 Å². The van der Waals surface area contributed by atoms with Gasteiger partial charge in [0.05, 0.1) is 0 Å². The second-order valence-corrected chi connectivity index (χ2v) is 4.99. The summed E-state index contributed by atoms with van der Waals surface area (Å²) in [7, 11) is 0. The molecule has 0 heterocycles. The summed E-state index contributed by atoms with van der Waals surface area (Å²) in [6.07, 6.45) is 9.66. The Balaban J connectivity index is 2.17. The van der Waals surface area contributed by atoms with E-state index >= 15 is 0 Å². The van der Waals surface area contributed by atoms with Crippen LogP contribution in [-0.2, 0) is 0 Å². The van der Waals surface area contributed by atoms with Gasteiger partial charge in [0, 0.05) is 5.56 Å². The molecule has 0 atom stereocenters. The molecule has 18 heavy (non-hydrogen) atoms. The van der Waals surface area contributed by atoms with Crippen LogP contribution in [0.25, 0.3) is 5.57 Å². The maximum Gasteiger partial charge on any atom is 0.159 e. The van der Waals surface area contributed by atoms with Crippen LogP contribution in [0.3, 0.4) is 0 Å². The first-order valence-corrected chi connectivity index (χ1v) is 6.65. The summed E-state index contributed by atoms with van der Waals surface area (Å²) in [5.74, 6) is 0.123. The normalized spacial score (nSPS) is 16.3. The lowest BCUT2D eigenvalue weighted by molar-refractivity contribution is 0.101. The Kier molecular flexibility index (Phi) is 4.14. The highest BCUT2D eigenvalue weighted by atomic mass is 16.1. The predicted octanol–water partition coefficient (Wildman–Crippen LogP) is 4.79. The van der Waals surface area contributed by atoms with Crippen molar-refractivity contribution < 1.29 is 4.79 Å². The number of carbonyl (C=O) groups is 1. The molecule has 0 aromatic heterocycles. The summed E-state index contributed by atoms with van der Waals surface area (Å²) in [5.41, 5.74) is 4.71. The van der Waals surface area contributed by atoms with Crippen LogP contribution < -0.4 is 0 Å². The smallest absolute Gasteiger partial charge is 0.159 e. The van der Waals surface area contributed by atoms with Crippen molar-refractivity contribution >= 4 is 11.4 Å². The van der Waals surface area contributed by atoms with Gasteiger partial charge in [-0.15, -0.1) is 0 Å². The Morgan fingerprint density at radius 3 is 2.28 bits per heavy atom. The van der Waals surface area contributed by atoms with E-state index in [0.717, 1.165) is 5.56 Å². The Morgan fingerprint density at radius 2 is 1.72 bits per heavy atom. The molecule has 0 saturated heterocycles. The largest absolute Gasteiger partial charge is 0.295 e. The summed E-state index contributed by atoms with van der Waals surface area (Å²) >= 11 is 0. The molecular weight excluding hydrogens is 220 g/mol. The Bertz CT molecular complexity index is 489. The minimum atomic E-state index is 0.123. The van der Waals surface area contributed by atoms with Gasteiger partial charge in [-0.1, -0.05) is 42.0 Å². The van der Waals surface area contributed by atoms with E-state index in [1.807, 2.05) is 24.3 Å². The molecule has 1 aliphatic carbocycles. The van der Waals surface area contributed by atoms with Crippen LogP contribution in [-0.4, -0.2) is 5.78 Å². The maximum atomic E-state index is 11.2. The van der Waals surface area contributed by atoms with E-state index in [9.17, 15) is 4.79 Å². The van der Waals surface area contributed by atoms with Crippen LogP contribution in [0, 0.1) is 0 Å². The standard InChI is InChI=1S/C17H20O/c1-13(12-15-6-4-3-5-7-15)16-8-10-17(11-9-16)14(2)18/h6,8-12H,3-5,7H2,1-2H3/b13-12+. The fourth-order valence-electron chi connectivity index (χ4n) is 2.32. The lowest BCUT2D eigenvalue weighted by atomic mass is 9.95. The van der Waals surface area contributed by atoms with Crippen molar-refractivity contribution in [1.82, 2.24) is 0 Å². The van der Waals surface area contributed by atoms with Gasteiger partial charge in [-0.3, -0.25) is 4.79 Å². The number of carbonyl (C=O) groups excluding carboxylic acids is 1. The minimum Gasteiger partial charge on any atom is -0.295 e. The first-order chi connectivity index (χ1) is 8.66. The molecule has 1 aliphatic rings. The molecule has 0 amide bonds. The fraction of sp³-hybridized carbons (Fsp3) is 0.353. The van der Waals surface area contributed by atoms with Gasteiger partial charge >= 0.3 is 0 Å². The first-order valence-electron chi connectivity index (χ1n) is 6.65. The molecule has 0 aliphatic heterocycles. The van der Waals surface area contributed by atoms with Crippen molar-refractivity contribution in [3.8, 4) is 0 Å². The topological polar surface area (TPSA) is 17.1 Å². The number of Topliss-reactive ketones (excluding diaryl/α,β-unsaturated/α-hetero) is 1. The predicted molar refractivity (Wildman–Crippen MR) is 76.6 cm³/mol. The SMILES string of the molecule is CC(=O)c1ccc(/C(C)=C/C2=CCCCC2)cc1. The molecule has 1 aromatic rings. The van der Waals surface area contributed by atoms with E-state index in [0.29, 0.717) is 0 Å².